The Morgan fingerprint density at radius 1 is 0.920 bits per heavy atom. The molecule has 0 radical (unpaired) electrons. The minimum Gasteiger partial charge on any atom is -0.288 e. The maximum absolute atomic E-state index is 13.0. The second-order valence-electron chi connectivity index (χ2n) is 5.89. The first-order valence-electron chi connectivity index (χ1n) is 7.99. The average Bonchev–Trinajstić information content (AvgIpc) is 2.95. The van der Waals surface area contributed by atoms with Crippen LogP contribution in [-0.2, 0) is 0 Å². The molecule has 3 aromatic carbocycles. The summed E-state index contributed by atoms with van der Waals surface area (Å²) in [6, 6.07) is 23.2. The van der Waals surface area contributed by atoms with Crippen molar-refractivity contribution in [2.75, 3.05) is 0 Å². The molecule has 0 unspecified atom stereocenters. The number of halogens is 1. The van der Waals surface area contributed by atoms with Crippen LogP contribution < -0.4 is 0 Å². The summed E-state index contributed by atoms with van der Waals surface area (Å²) in [4.78, 5) is 13.0. The first-order valence-corrected chi connectivity index (χ1v) is 8.37. The van der Waals surface area contributed by atoms with Crippen LogP contribution in [0.15, 0.2) is 72.8 Å². The molecule has 4 aromatic rings. The predicted molar refractivity (Wildman–Crippen MR) is 101 cm³/mol. The van der Waals surface area contributed by atoms with Crippen molar-refractivity contribution in [2.24, 2.45) is 0 Å². The van der Waals surface area contributed by atoms with Gasteiger partial charge in [-0.3, -0.25) is 4.79 Å². The third-order valence-electron chi connectivity index (χ3n) is 4.24. The number of hydrogen-bond donors (Lipinski definition) is 0. The Labute approximate surface area is 150 Å². The van der Waals surface area contributed by atoms with E-state index >= 15 is 0 Å². The van der Waals surface area contributed by atoms with Crippen LogP contribution in [0.2, 0.25) is 5.15 Å². The monoisotopic (exact) mass is 346 g/mol. The van der Waals surface area contributed by atoms with Crippen LogP contribution in [0.3, 0.4) is 0 Å². The van der Waals surface area contributed by atoms with E-state index in [2.05, 4.69) is 5.10 Å². The topological polar surface area (TPSA) is 34.9 Å². The summed E-state index contributed by atoms with van der Waals surface area (Å²) in [5, 5.41) is 6.91. The van der Waals surface area contributed by atoms with Crippen molar-refractivity contribution < 1.29 is 4.79 Å². The number of para-hydroxylation sites is 1. The van der Waals surface area contributed by atoms with Crippen molar-refractivity contribution in [2.45, 2.75) is 6.92 Å². The molecule has 0 atom stereocenters. The molecule has 0 N–H and O–H groups in total. The van der Waals surface area contributed by atoms with Crippen LogP contribution in [0.4, 0.5) is 0 Å². The molecule has 0 aliphatic carbocycles. The number of aromatic nitrogens is 2. The van der Waals surface area contributed by atoms with Gasteiger partial charge in [0.25, 0.3) is 0 Å². The minimum absolute atomic E-state index is 0.115. The van der Waals surface area contributed by atoms with Crippen molar-refractivity contribution in [1.29, 1.82) is 0 Å². The molecule has 0 bridgehead atoms. The van der Waals surface area contributed by atoms with E-state index in [0.29, 0.717) is 22.0 Å². The third-order valence-corrected chi connectivity index (χ3v) is 4.59. The lowest BCUT2D eigenvalue weighted by atomic mass is 10.0. The normalized spacial score (nSPS) is 11.0. The van der Waals surface area contributed by atoms with Gasteiger partial charge in [-0.1, -0.05) is 66.2 Å². The first-order chi connectivity index (χ1) is 12.1. The van der Waals surface area contributed by atoms with Crippen molar-refractivity contribution in [1.82, 2.24) is 9.78 Å². The summed E-state index contributed by atoms with van der Waals surface area (Å²) in [6.45, 7) is 1.81. The first kappa shape index (κ1) is 15.6. The number of ketones is 1. The van der Waals surface area contributed by atoms with Gasteiger partial charge in [0.05, 0.1) is 16.9 Å². The van der Waals surface area contributed by atoms with E-state index in [1.807, 2.05) is 72.8 Å². The number of benzene rings is 3. The SMILES string of the molecule is Cc1nn(-c2ccccc2)c(Cl)c1C(=O)c1ccc2ccccc2c1. The molecule has 1 aromatic heterocycles. The molecule has 3 nitrogen and oxygen atoms in total. The molecule has 0 aliphatic rings. The summed E-state index contributed by atoms with van der Waals surface area (Å²) < 4.78 is 1.60. The van der Waals surface area contributed by atoms with Gasteiger partial charge in [0, 0.05) is 5.56 Å². The van der Waals surface area contributed by atoms with Crippen molar-refractivity contribution in [3.8, 4) is 5.69 Å². The average molecular weight is 347 g/mol. The Kier molecular flexibility index (Phi) is 3.86. The number of carbonyl (C=O) groups is 1. The lowest BCUT2D eigenvalue weighted by Crippen LogP contribution is -2.03. The summed E-state index contributed by atoms with van der Waals surface area (Å²) in [5.74, 6) is -0.115. The molecule has 1 heterocycles. The Bertz CT molecular complexity index is 1080. The second kappa shape index (κ2) is 6.19. The highest BCUT2D eigenvalue weighted by Gasteiger charge is 2.22. The molecule has 0 fully saturated rings. The number of aryl methyl sites for hydroxylation is 1. The van der Waals surface area contributed by atoms with E-state index < -0.39 is 0 Å². The Morgan fingerprint density at radius 2 is 1.60 bits per heavy atom. The predicted octanol–water partition coefficient (Wildman–Crippen LogP) is 5.22. The molecule has 0 saturated carbocycles. The zero-order chi connectivity index (χ0) is 17.4. The standard InChI is InChI=1S/C21H15ClN2O/c1-14-19(21(22)24(23-14)18-9-3-2-4-10-18)20(25)17-12-11-15-7-5-6-8-16(15)13-17/h2-13H,1H3. The maximum atomic E-state index is 13.0. The van der Waals surface area contributed by atoms with Crippen LogP contribution >= 0.6 is 11.6 Å². The number of hydrogen-bond acceptors (Lipinski definition) is 2. The quantitative estimate of drug-likeness (QED) is 0.477. The third kappa shape index (κ3) is 2.73. The number of rotatable bonds is 3. The van der Waals surface area contributed by atoms with Gasteiger partial charge in [-0.2, -0.15) is 5.10 Å². The number of carbonyl (C=O) groups excluding carboxylic acids is 1. The fourth-order valence-corrected chi connectivity index (χ4v) is 3.33. The highest BCUT2D eigenvalue weighted by atomic mass is 35.5. The zero-order valence-corrected chi connectivity index (χ0v) is 14.4. The van der Waals surface area contributed by atoms with Crippen LogP contribution in [0.1, 0.15) is 21.6 Å². The van der Waals surface area contributed by atoms with E-state index in [0.717, 1.165) is 16.5 Å². The number of nitrogens with zero attached hydrogens (tertiary/aromatic N) is 2. The maximum Gasteiger partial charge on any atom is 0.198 e. The van der Waals surface area contributed by atoms with Crippen molar-refractivity contribution >= 4 is 28.2 Å². The fourth-order valence-electron chi connectivity index (χ4n) is 2.97. The molecule has 0 saturated heterocycles. The van der Waals surface area contributed by atoms with Gasteiger partial charge >= 0.3 is 0 Å². The van der Waals surface area contributed by atoms with Gasteiger partial charge in [-0.15, -0.1) is 0 Å². The van der Waals surface area contributed by atoms with E-state index in [1.54, 1.807) is 11.6 Å². The molecule has 25 heavy (non-hydrogen) atoms. The molecule has 122 valence electrons. The van der Waals surface area contributed by atoms with E-state index in [4.69, 9.17) is 11.6 Å². The minimum atomic E-state index is -0.115. The lowest BCUT2D eigenvalue weighted by molar-refractivity contribution is 0.103. The van der Waals surface area contributed by atoms with Gasteiger partial charge in [-0.05, 0) is 35.9 Å². The van der Waals surface area contributed by atoms with Gasteiger partial charge in [-0.25, -0.2) is 4.68 Å². The number of fused-ring (bicyclic) bond motifs is 1. The van der Waals surface area contributed by atoms with Gasteiger partial charge in [0.1, 0.15) is 5.15 Å². The van der Waals surface area contributed by atoms with Crippen LogP contribution in [-0.4, -0.2) is 15.6 Å². The lowest BCUT2D eigenvalue weighted by Gasteiger charge is -2.05. The summed E-state index contributed by atoms with van der Waals surface area (Å²) in [6.07, 6.45) is 0. The smallest absolute Gasteiger partial charge is 0.198 e. The van der Waals surface area contributed by atoms with E-state index in [9.17, 15) is 4.79 Å². The Balaban J connectivity index is 1.81. The van der Waals surface area contributed by atoms with E-state index in [1.165, 1.54) is 0 Å². The van der Waals surface area contributed by atoms with E-state index in [-0.39, 0.29) is 5.78 Å². The highest BCUT2D eigenvalue weighted by Crippen LogP contribution is 2.27. The summed E-state index contributed by atoms with van der Waals surface area (Å²) >= 11 is 6.51. The summed E-state index contributed by atoms with van der Waals surface area (Å²) in [7, 11) is 0. The Morgan fingerprint density at radius 3 is 2.36 bits per heavy atom. The molecule has 0 spiro atoms. The van der Waals surface area contributed by atoms with Gasteiger partial charge in [0.15, 0.2) is 5.78 Å². The zero-order valence-electron chi connectivity index (χ0n) is 13.6. The van der Waals surface area contributed by atoms with Gasteiger partial charge < -0.3 is 0 Å². The summed E-state index contributed by atoms with van der Waals surface area (Å²) in [5.41, 5.74) is 2.50. The largest absolute Gasteiger partial charge is 0.288 e. The van der Waals surface area contributed by atoms with Crippen LogP contribution in [0, 0.1) is 6.92 Å². The molecule has 0 amide bonds. The molecule has 4 rings (SSSR count). The fraction of sp³-hybridized carbons (Fsp3) is 0.0476. The second-order valence-corrected chi connectivity index (χ2v) is 6.25. The van der Waals surface area contributed by atoms with Crippen molar-refractivity contribution in [3.63, 3.8) is 0 Å². The van der Waals surface area contributed by atoms with Gasteiger partial charge in [0.2, 0.25) is 0 Å². The van der Waals surface area contributed by atoms with Crippen LogP contribution in [0.25, 0.3) is 16.5 Å². The molecular weight excluding hydrogens is 332 g/mol. The highest BCUT2D eigenvalue weighted by molar-refractivity contribution is 6.34. The van der Waals surface area contributed by atoms with Crippen LogP contribution in [0.5, 0.6) is 0 Å². The Hall–Kier alpha value is -2.91. The molecule has 4 heteroatoms. The molecule has 0 aliphatic heterocycles. The van der Waals surface area contributed by atoms with Crippen molar-refractivity contribution in [3.05, 3.63) is 94.8 Å². The molecular formula is C21H15ClN2O.